The molecule has 0 atom stereocenters. The Hall–Kier alpha value is -2.84. The van der Waals surface area contributed by atoms with E-state index in [1.165, 1.54) is 12.1 Å². The summed E-state index contributed by atoms with van der Waals surface area (Å²) in [5.74, 6) is -1.40. The molecule has 0 unspecified atom stereocenters. The predicted octanol–water partition coefficient (Wildman–Crippen LogP) is 3.97. The van der Waals surface area contributed by atoms with Crippen molar-refractivity contribution in [2.24, 2.45) is 0 Å². The average molecular weight is 480 g/mol. The first-order chi connectivity index (χ1) is 13.7. The van der Waals surface area contributed by atoms with Crippen LogP contribution in [0, 0.1) is 6.92 Å². The number of ether oxygens (including phenoxy) is 1. The SMILES string of the molecule is Cc1cccc(CN2C(=O)N/C(=C/c3cc(Cl)c(OCC(=O)O)c(Br)c3)C2=O)c1. The fourth-order valence-corrected chi connectivity index (χ4v) is 3.80. The van der Waals surface area contributed by atoms with Crippen molar-refractivity contribution in [1.29, 1.82) is 0 Å². The largest absolute Gasteiger partial charge is 0.479 e. The minimum Gasteiger partial charge on any atom is -0.479 e. The van der Waals surface area contributed by atoms with E-state index in [-0.39, 0.29) is 23.0 Å². The van der Waals surface area contributed by atoms with Gasteiger partial charge in [0.1, 0.15) is 5.70 Å². The van der Waals surface area contributed by atoms with Crippen LogP contribution in [0.3, 0.4) is 0 Å². The number of carbonyl (C=O) groups is 3. The van der Waals surface area contributed by atoms with Crippen LogP contribution in [0.1, 0.15) is 16.7 Å². The number of carboxylic acids is 1. The lowest BCUT2D eigenvalue weighted by molar-refractivity contribution is -0.139. The van der Waals surface area contributed by atoms with Gasteiger partial charge in [0.25, 0.3) is 5.91 Å². The Morgan fingerprint density at radius 3 is 2.72 bits per heavy atom. The van der Waals surface area contributed by atoms with Gasteiger partial charge in [0.15, 0.2) is 12.4 Å². The highest BCUT2D eigenvalue weighted by atomic mass is 79.9. The second-order valence-electron chi connectivity index (χ2n) is 6.36. The zero-order valence-corrected chi connectivity index (χ0v) is 17.6. The summed E-state index contributed by atoms with van der Waals surface area (Å²) in [4.78, 5) is 36.7. The number of aliphatic carboxylic acids is 1. The third-order valence-corrected chi connectivity index (χ3v) is 4.93. The van der Waals surface area contributed by atoms with Crippen molar-refractivity contribution in [2.45, 2.75) is 13.5 Å². The highest BCUT2D eigenvalue weighted by Gasteiger charge is 2.33. The molecule has 9 heteroatoms. The molecule has 1 fully saturated rings. The van der Waals surface area contributed by atoms with E-state index in [1.807, 2.05) is 31.2 Å². The summed E-state index contributed by atoms with van der Waals surface area (Å²) in [5.41, 5.74) is 2.53. The standard InChI is InChI=1S/C20H16BrClN2O5/c1-11-3-2-4-12(5-11)9-24-19(27)16(23-20(24)28)8-13-6-14(21)18(15(22)7-13)29-10-17(25)26/h2-8H,9-10H2,1H3,(H,23,28)(H,25,26)/b16-8+. The zero-order chi connectivity index (χ0) is 21.1. The lowest BCUT2D eigenvalue weighted by Gasteiger charge is -2.12. The number of nitrogens with one attached hydrogen (secondary N) is 1. The lowest BCUT2D eigenvalue weighted by atomic mass is 10.1. The molecule has 150 valence electrons. The third kappa shape index (κ3) is 4.96. The van der Waals surface area contributed by atoms with Crippen molar-refractivity contribution >= 4 is 51.5 Å². The predicted molar refractivity (Wildman–Crippen MR) is 111 cm³/mol. The number of hydrogen-bond donors (Lipinski definition) is 2. The minimum atomic E-state index is -1.13. The van der Waals surface area contributed by atoms with E-state index < -0.39 is 24.5 Å². The molecule has 2 N–H and O–H groups in total. The number of nitrogens with zero attached hydrogens (tertiary/aromatic N) is 1. The van der Waals surface area contributed by atoms with Crippen LogP contribution in [-0.4, -0.2) is 34.5 Å². The summed E-state index contributed by atoms with van der Waals surface area (Å²) >= 11 is 9.43. The van der Waals surface area contributed by atoms with Gasteiger partial charge in [-0.05, 0) is 52.2 Å². The molecule has 7 nitrogen and oxygen atoms in total. The number of halogens is 2. The number of aryl methyl sites for hydroxylation is 1. The van der Waals surface area contributed by atoms with Gasteiger partial charge in [-0.25, -0.2) is 9.59 Å². The summed E-state index contributed by atoms with van der Waals surface area (Å²) in [6.07, 6.45) is 1.49. The Labute approximate surface area is 180 Å². The molecule has 0 aliphatic carbocycles. The lowest BCUT2D eigenvalue weighted by Crippen LogP contribution is -2.30. The quantitative estimate of drug-likeness (QED) is 0.483. The van der Waals surface area contributed by atoms with Gasteiger partial charge < -0.3 is 15.2 Å². The van der Waals surface area contributed by atoms with E-state index in [0.717, 1.165) is 16.0 Å². The highest BCUT2D eigenvalue weighted by Crippen LogP contribution is 2.35. The van der Waals surface area contributed by atoms with Crippen molar-refractivity contribution in [2.75, 3.05) is 6.61 Å². The van der Waals surface area contributed by atoms with E-state index >= 15 is 0 Å². The number of urea groups is 1. The fraction of sp³-hybridized carbons (Fsp3) is 0.150. The van der Waals surface area contributed by atoms with Gasteiger partial charge in [0.05, 0.1) is 16.0 Å². The van der Waals surface area contributed by atoms with Crippen LogP contribution in [-0.2, 0) is 16.1 Å². The molecule has 2 aromatic carbocycles. The Morgan fingerprint density at radius 1 is 1.31 bits per heavy atom. The topological polar surface area (TPSA) is 95.9 Å². The van der Waals surface area contributed by atoms with Crippen LogP contribution in [0.4, 0.5) is 4.79 Å². The van der Waals surface area contributed by atoms with Crippen LogP contribution in [0.2, 0.25) is 5.02 Å². The summed E-state index contributed by atoms with van der Waals surface area (Å²) in [6.45, 7) is 1.56. The van der Waals surface area contributed by atoms with Crippen molar-refractivity contribution in [3.05, 3.63) is 68.3 Å². The maximum Gasteiger partial charge on any atom is 0.341 e. The average Bonchev–Trinajstić information content (AvgIpc) is 2.88. The summed E-state index contributed by atoms with van der Waals surface area (Å²) < 4.78 is 5.56. The Kier molecular flexibility index (Phi) is 6.24. The van der Waals surface area contributed by atoms with Gasteiger partial charge in [-0.3, -0.25) is 9.69 Å². The first-order valence-electron chi connectivity index (χ1n) is 8.48. The molecule has 2 aromatic rings. The normalized spacial score (nSPS) is 15.0. The molecule has 0 spiro atoms. The van der Waals surface area contributed by atoms with E-state index in [0.29, 0.717) is 10.0 Å². The first kappa shape index (κ1) is 20.9. The monoisotopic (exact) mass is 478 g/mol. The highest BCUT2D eigenvalue weighted by molar-refractivity contribution is 9.10. The van der Waals surface area contributed by atoms with E-state index in [2.05, 4.69) is 21.2 Å². The summed E-state index contributed by atoms with van der Waals surface area (Å²) in [5, 5.41) is 11.5. The number of benzene rings is 2. The fourth-order valence-electron chi connectivity index (χ4n) is 2.81. The van der Waals surface area contributed by atoms with Gasteiger partial charge in [0.2, 0.25) is 0 Å². The van der Waals surface area contributed by atoms with Crippen LogP contribution in [0.5, 0.6) is 5.75 Å². The number of carbonyl (C=O) groups excluding carboxylic acids is 2. The van der Waals surface area contributed by atoms with Gasteiger partial charge in [0, 0.05) is 0 Å². The Balaban J connectivity index is 1.81. The zero-order valence-electron chi connectivity index (χ0n) is 15.2. The third-order valence-electron chi connectivity index (χ3n) is 4.06. The second kappa shape index (κ2) is 8.67. The van der Waals surface area contributed by atoms with Gasteiger partial charge in [-0.2, -0.15) is 0 Å². The van der Waals surface area contributed by atoms with Gasteiger partial charge >= 0.3 is 12.0 Å². The molecule has 0 saturated carbocycles. The Morgan fingerprint density at radius 2 is 2.07 bits per heavy atom. The van der Waals surface area contributed by atoms with Gasteiger partial charge in [-0.1, -0.05) is 41.4 Å². The number of carboxylic acid groups (broad SMARTS) is 1. The molecule has 0 radical (unpaired) electrons. The Bertz CT molecular complexity index is 1010. The molecule has 1 aliphatic rings. The number of rotatable bonds is 6. The van der Waals surface area contributed by atoms with Crippen molar-refractivity contribution in [3.63, 3.8) is 0 Å². The van der Waals surface area contributed by atoms with E-state index in [9.17, 15) is 14.4 Å². The van der Waals surface area contributed by atoms with Crippen molar-refractivity contribution in [1.82, 2.24) is 10.2 Å². The molecule has 29 heavy (non-hydrogen) atoms. The van der Waals surface area contributed by atoms with Crippen molar-refractivity contribution < 1.29 is 24.2 Å². The second-order valence-corrected chi connectivity index (χ2v) is 7.63. The van der Waals surface area contributed by atoms with Gasteiger partial charge in [-0.15, -0.1) is 0 Å². The smallest absolute Gasteiger partial charge is 0.341 e. The molecule has 1 heterocycles. The minimum absolute atomic E-state index is 0.116. The molecule has 1 aliphatic heterocycles. The summed E-state index contributed by atoms with van der Waals surface area (Å²) in [7, 11) is 0. The van der Waals surface area contributed by atoms with Crippen LogP contribution in [0.15, 0.2) is 46.6 Å². The molecule has 1 saturated heterocycles. The number of amides is 3. The maximum atomic E-state index is 12.7. The number of hydrogen-bond acceptors (Lipinski definition) is 4. The maximum absolute atomic E-state index is 12.7. The van der Waals surface area contributed by atoms with E-state index in [4.69, 9.17) is 21.4 Å². The molecular weight excluding hydrogens is 464 g/mol. The molecule has 3 amide bonds. The summed E-state index contributed by atoms with van der Waals surface area (Å²) in [6, 6.07) is 10.2. The molecular formula is C20H16BrClN2O5. The molecule has 3 rings (SSSR count). The van der Waals surface area contributed by atoms with E-state index in [1.54, 1.807) is 6.07 Å². The van der Waals surface area contributed by atoms with Crippen LogP contribution < -0.4 is 10.1 Å². The van der Waals surface area contributed by atoms with Crippen molar-refractivity contribution in [3.8, 4) is 5.75 Å². The number of imide groups is 1. The van der Waals surface area contributed by atoms with Crippen LogP contribution >= 0.6 is 27.5 Å². The molecule has 0 bridgehead atoms. The van der Waals surface area contributed by atoms with Crippen LogP contribution in [0.25, 0.3) is 6.08 Å². The molecule has 0 aromatic heterocycles. The first-order valence-corrected chi connectivity index (χ1v) is 9.65.